The van der Waals surface area contributed by atoms with Crippen LogP contribution < -0.4 is 14.8 Å². The lowest BCUT2D eigenvalue weighted by Crippen LogP contribution is -2.39. The Morgan fingerprint density at radius 1 is 1.50 bits per heavy atom. The molecule has 1 aromatic rings. The Balaban J connectivity index is 1.97. The van der Waals surface area contributed by atoms with E-state index in [1.807, 2.05) is 0 Å². The third-order valence-electron chi connectivity index (χ3n) is 2.44. The normalized spacial score (nSPS) is 18.5. The van der Waals surface area contributed by atoms with Gasteiger partial charge in [0, 0.05) is 6.54 Å². The largest absolute Gasteiger partial charge is 0.486 e. The molecule has 16 heavy (non-hydrogen) atoms. The molecule has 0 radical (unpaired) electrons. The fourth-order valence-corrected chi connectivity index (χ4v) is 1.64. The van der Waals surface area contributed by atoms with Crippen molar-refractivity contribution in [1.82, 2.24) is 5.32 Å². The molecule has 1 aromatic carbocycles. The van der Waals surface area contributed by atoms with Gasteiger partial charge in [-0.15, -0.1) is 0 Å². The Morgan fingerprint density at radius 3 is 3.19 bits per heavy atom. The van der Waals surface area contributed by atoms with Gasteiger partial charge in [0.15, 0.2) is 17.3 Å². The highest BCUT2D eigenvalue weighted by molar-refractivity contribution is 5.42. The molecule has 1 atom stereocenters. The summed E-state index contributed by atoms with van der Waals surface area (Å²) in [6.07, 6.45) is 0.953. The van der Waals surface area contributed by atoms with E-state index < -0.39 is 0 Å². The third kappa shape index (κ3) is 2.44. The Hall–Kier alpha value is -1.29. The summed E-state index contributed by atoms with van der Waals surface area (Å²) in [5.74, 6) is 0.362. The van der Waals surface area contributed by atoms with Crippen LogP contribution in [0.25, 0.3) is 0 Å². The molecule has 0 saturated carbocycles. The maximum Gasteiger partial charge on any atom is 0.197 e. The lowest BCUT2D eigenvalue weighted by Gasteiger charge is -2.26. The van der Waals surface area contributed by atoms with Crippen LogP contribution in [0.2, 0.25) is 0 Å². The first kappa shape index (κ1) is 11.2. The van der Waals surface area contributed by atoms with Gasteiger partial charge in [-0.3, -0.25) is 0 Å². The Labute approximate surface area is 94.6 Å². The van der Waals surface area contributed by atoms with Gasteiger partial charge in [-0.25, -0.2) is 4.39 Å². The molecule has 0 fully saturated rings. The minimum atomic E-state index is -0.363. The van der Waals surface area contributed by atoms with Crippen LogP contribution in [0.4, 0.5) is 4.39 Å². The molecular weight excluding hydrogens is 209 g/mol. The summed E-state index contributed by atoms with van der Waals surface area (Å²) >= 11 is 0. The molecule has 1 aliphatic rings. The maximum atomic E-state index is 13.4. The molecule has 2 rings (SSSR count). The summed E-state index contributed by atoms with van der Waals surface area (Å²) < 4.78 is 24.4. The molecule has 0 saturated heterocycles. The number of benzene rings is 1. The molecule has 0 spiro atoms. The van der Waals surface area contributed by atoms with E-state index in [4.69, 9.17) is 9.47 Å². The van der Waals surface area contributed by atoms with Crippen molar-refractivity contribution < 1.29 is 13.9 Å². The molecule has 88 valence electrons. The molecular formula is C12H16FNO2. The second-order valence-electron chi connectivity index (χ2n) is 3.82. The van der Waals surface area contributed by atoms with Crippen LogP contribution in [0.1, 0.15) is 13.3 Å². The number of halogens is 1. The van der Waals surface area contributed by atoms with Gasteiger partial charge in [-0.1, -0.05) is 13.0 Å². The summed E-state index contributed by atoms with van der Waals surface area (Å²) in [6.45, 7) is 4.18. The monoisotopic (exact) mass is 225 g/mol. The SMILES string of the molecule is CCCNC[C@H]1COc2cccc(F)c2O1. The number of para-hydroxylation sites is 1. The number of rotatable bonds is 4. The second kappa shape index (κ2) is 5.16. The van der Waals surface area contributed by atoms with Gasteiger partial charge >= 0.3 is 0 Å². The summed E-state index contributed by atoms with van der Waals surface area (Å²) in [5.41, 5.74) is 0. The van der Waals surface area contributed by atoms with E-state index in [0.717, 1.165) is 13.0 Å². The van der Waals surface area contributed by atoms with E-state index in [1.165, 1.54) is 6.07 Å². The highest BCUT2D eigenvalue weighted by atomic mass is 19.1. The van der Waals surface area contributed by atoms with Crippen LogP contribution in [0.5, 0.6) is 11.5 Å². The third-order valence-corrected chi connectivity index (χ3v) is 2.44. The van der Waals surface area contributed by atoms with E-state index in [2.05, 4.69) is 12.2 Å². The first-order valence-electron chi connectivity index (χ1n) is 5.60. The van der Waals surface area contributed by atoms with Crippen LogP contribution in [0.15, 0.2) is 18.2 Å². The lowest BCUT2D eigenvalue weighted by molar-refractivity contribution is 0.0853. The van der Waals surface area contributed by atoms with Gasteiger partial charge < -0.3 is 14.8 Å². The molecule has 1 aliphatic heterocycles. The smallest absolute Gasteiger partial charge is 0.197 e. The Kier molecular flexibility index (Phi) is 3.62. The van der Waals surface area contributed by atoms with Gasteiger partial charge in [-0.05, 0) is 25.1 Å². The fraction of sp³-hybridized carbons (Fsp3) is 0.500. The van der Waals surface area contributed by atoms with Crippen molar-refractivity contribution in [3.63, 3.8) is 0 Å². The highest BCUT2D eigenvalue weighted by Gasteiger charge is 2.23. The van der Waals surface area contributed by atoms with E-state index >= 15 is 0 Å². The molecule has 1 heterocycles. The van der Waals surface area contributed by atoms with Gasteiger partial charge in [0.2, 0.25) is 0 Å². The Morgan fingerprint density at radius 2 is 2.38 bits per heavy atom. The molecule has 4 heteroatoms. The van der Waals surface area contributed by atoms with Crippen LogP contribution in [-0.4, -0.2) is 25.8 Å². The van der Waals surface area contributed by atoms with Crippen molar-refractivity contribution >= 4 is 0 Å². The minimum absolute atomic E-state index is 0.115. The van der Waals surface area contributed by atoms with E-state index in [1.54, 1.807) is 12.1 Å². The summed E-state index contributed by atoms with van der Waals surface area (Å²) in [5, 5.41) is 3.23. The number of hydrogen-bond donors (Lipinski definition) is 1. The number of nitrogens with one attached hydrogen (secondary N) is 1. The number of hydrogen-bond acceptors (Lipinski definition) is 3. The summed E-state index contributed by atoms with van der Waals surface area (Å²) in [6, 6.07) is 4.71. The minimum Gasteiger partial charge on any atom is -0.486 e. The number of fused-ring (bicyclic) bond motifs is 1. The zero-order valence-electron chi connectivity index (χ0n) is 9.33. The summed E-state index contributed by atoms with van der Waals surface area (Å²) in [7, 11) is 0. The predicted octanol–water partition coefficient (Wildman–Crippen LogP) is 1.97. The van der Waals surface area contributed by atoms with Gasteiger partial charge in [0.05, 0.1) is 0 Å². The van der Waals surface area contributed by atoms with Crippen molar-refractivity contribution in [2.24, 2.45) is 0 Å². The van der Waals surface area contributed by atoms with E-state index in [0.29, 0.717) is 18.9 Å². The molecule has 0 amide bonds. The lowest BCUT2D eigenvalue weighted by atomic mass is 10.2. The van der Waals surface area contributed by atoms with Crippen LogP contribution >= 0.6 is 0 Å². The highest BCUT2D eigenvalue weighted by Crippen LogP contribution is 2.33. The van der Waals surface area contributed by atoms with Crippen LogP contribution in [-0.2, 0) is 0 Å². The Bertz CT molecular complexity index is 357. The van der Waals surface area contributed by atoms with Crippen molar-refractivity contribution in [1.29, 1.82) is 0 Å². The zero-order valence-corrected chi connectivity index (χ0v) is 9.33. The van der Waals surface area contributed by atoms with Gasteiger partial charge in [0.1, 0.15) is 12.7 Å². The molecule has 0 unspecified atom stereocenters. The van der Waals surface area contributed by atoms with Gasteiger partial charge in [-0.2, -0.15) is 0 Å². The predicted molar refractivity (Wildman–Crippen MR) is 59.5 cm³/mol. The zero-order chi connectivity index (χ0) is 11.4. The standard InChI is InChI=1S/C12H16FNO2/c1-2-6-14-7-9-8-15-11-5-3-4-10(13)12(11)16-9/h3-5,9,14H,2,6-8H2,1H3/t9-/m0/s1. The van der Waals surface area contributed by atoms with Crippen molar-refractivity contribution in [3.8, 4) is 11.5 Å². The van der Waals surface area contributed by atoms with Crippen LogP contribution in [0.3, 0.4) is 0 Å². The van der Waals surface area contributed by atoms with Crippen molar-refractivity contribution in [2.45, 2.75) is 19.4 Å². The maximum absolute atomic E-state index is 13.4. The topological polar surface area (TPSA) is 30.5 Å². The number of ether oxygens (including phenoxy) is 2. The molecule has 0 bridgehead atoms. The van der Waals surface area contributed by atoms with Crippen molar-refractivity contribution in [3.05, 3.63) is 24.0 Å². The first-order chi connectivity index (χ1) is 7.81. The average molecular weight is 225 g/mol. The fourth-order valence-electron chi connectivity index (χ4n) is 1.64. The first-order valence-corrected chi connectivity index (χ1v) is 5.60. The van der Waals surface area contributed by atoms with Crippen LogP contribution in [0, 0.1) is 5.82 Å². The van der Waals surface area contributed by atoms with Crippen molar-refractivity contribution in [2.75, 3.05) is 19.7 Å². The molecule has 1 N–H and O–H groups in total. The molecule has 0 aromatic heterocycles. The molecule has 0 aliphatic carbocycles. The molecule has 3 nitrogen and oxygen atoms in total. The van der Waals surface area contributed by atoms with Gasteiger partial charge in [0.25, 0.3) is 0 Å². The summed E-state index contributed by atoms with van der Waals surface area (Å²) in [4.78, 5) is 0. The van der Waals surface area contributed by atoms with E-state index in [9.17, 15) is 4.39 Å². The second-order valence-corrected chi connectivity index (χ2v) is 3.82. The average Bonchev–Trinajstić information content (AvgIpc) is 2.30. The quantitative estimate of drug-likeness (QED) is 0.795. The van der Waals surface area contributed by atoms with E-state index in [-0.39, 0.29) is 17.7 Å².